The molecule has 7 rings (SSSR count). The SMILES string of the molecule is C=Cn1c2ccc(-c3ccc(CCCC)cc3)cc2c2ccc3c(c4ccc(CCCC)cc4n3-c3ccccc3)c21. The van der Waals surface area contributed by atoms with Gasteiger partial charge in [0.15, 0.2) is 0 Å². The van der Waals surface area contributed by atoms with Gasteiger partial charge in [0.05, 0.1) is 22.1 Å². The summed E-state index contributed by atoms with van der Waals surface area (Å²) in [6.07, 6.45) is 9.10. The zero-order valence-corrected chi connectivity index (χ0v) is 24.7. The van der Waals surface area contributed by atoms with Gasteiger partial charge in [0.25, 0.3) is 0 Å². The van der Waals surface area contributed by atoms with E-state index in [4.69, 9.17) is 0 Å². The first-order valence-electron chi connectivity index (χ1n) is 15.5. The Bertz CT molecular complexity index is 2050. The molecule has 5 aromatic carbocycles. The number of benzene rings is 5. The Hall–Kier alpha value is -4.56. The van der Waals surface area contributed by atoms with Crippen LogP contribution in [0.5, 0.6) is 0 Å². The third-order valence-corrected chi connectivity index (χ3v) is 8.88. The standard InChI is InChI=1S/C40H38N2/c1-4-7-12-28-16-19-30(20-17-28)31-21-24-36-35(27-31)33-23-25-37-39(40(33)41(36)6-3)34-22-18-29(13-8-5-2)26-38(34)42(37)32-14-10-9-11-15-32/h6,9-11,14-27H,3-5,7-8,12-13H2,1-2H3. The fourth-order valence-corrected chi connectivity index (χ4v) is 6.69. The summed E-state index contributed by atoms with van der Waals surface area (Å²) in [5, 5.41) is 5.10. The van der Waals surface area contributed by atoms with Crippen molar-refractivity contribution in [2.45, 2.75) is 52.4 Å². The van der Waals surface area contributed by atoms with E-state index in [0.717, 1.165) is 12.8 Å². The Morgan fingerprint density at radius 1 is 0.595 bits per heavy atom. The zero-order valence-electron chi connectivity index (χ0n) is 24.7. The number of unbranched alkanes of at least 4 members (excludes halogenated alkanes) is 2. The maximum Gasteiger partial charge on any atom is 0.0635 e. The maximum atomic E-state index is 4.27. The molecule has 2 heterocycles. The van der Waals surface area contributed by atoms with Crippen molar-refractivity contribution in [3.05, 3.63) is 121 Å². The summed E-state index contributed by atoms with van der Waals surface area (Å²) in [5.41, 5.74) is 11.4. The quantitative estimate of drug-likeness (QED) is 0.170. The summed E-state index contributed by atoms with van der Waals surface area (Å²) in [5.74, 6) is 0. The van der Waals surface area contributed by atoms with Crippen molar-refractivity contribution >= 4 is 49.8 Å². The van der Waals surface area contributed by atoms with E-state index in [1.165, 1.54) is 97.2 Å². The van der Waals surface area contributed by atoms with Crippen LogP contribution in [-0.4, -0.2) is 9.13 Å². The Morgan fingerprint density at radius 3 is 2.00 bits per heavy atom. The molecule has 0 aliphatic carbocycles. The molecular weight excluding hydrogens is 508 g/mol. The summed E-state index contributed by atoms with van der Waals surface area (Å²) in [7, 11) is 0. The molecule has 0 radical (unpaired) electrons. The van der Waals surface area contributed by atoms with Crippen LogP contribution in [0, 0.1) is 0 Å². The summed E-state index contributed by atoms with van der Waals surface area (Å²) in [4.78, 5) is 0. The molecule has 0 saturated heterocycles. The first-order valence-corrected chi connectivity index (χ1v) is 15.5. The third kappa shape index (κ3) is 4.34. The molecular formula is C40H38N2. The Balaban J connectivity index is 1.49. The van der Waals surface area contributed by atoms with Gasteiger partial charge in [-0.05, 0) is 84.3 Å². The van der Waals surface area contributed by atoms with Gasteiger partial charge in [-0.25, -0.2) is 0 Å². The van der Waals surface area contributed by atoms with Crippen molar-refractivity contribution in [3.8, 4) is 16.8 Å². The fraction of sp³-hybridized carbons (Fsp3) is 0.200. The van der Waals surface area contributed by atoms with Crippen molar-refractivity contribution < 1.29 is 0 Å². The monoisotopic (exact) mass is 546 g/mol. The average Bonchev–Trinajstić information content (AvgIpc) is 3.54. The minimum absolute atomic E-state index is 1.10. The van der Waals surface area contributed by atoms with Gasteiger partial charge in [-0.3, -0.25) is 0 Å². The lowest BCUT2D eigenvalue weighted by molar-refractivity contribution is 0.795. The minimum Gasteiger partial charge on any atom is -0.316 e. The van der Waals surface area contributed by atoms with Crippen molar-refractivity contribution in [1.29, 1.82) is 0 Å². The molecule has 2 nitrogen and oxygen atoms in total. The summed E-state index contributed by atoms with van der Waals surface area (Å²) in [6, 6.07) is 38.5. The Morgan fingerprint density at radius 2 is 1.26 bits per heavy atom. The molecule has 0 spiro atoms. The summed E-state index contributed by atoms with van der Waals surface area (Å²) >= 11 is 0. The normalized spacial score (nSPS) is 11.8. The second-order valence-corrected chi connectivity index (χ2v) is 11.6. The van der Waals surface area contributed by atoms with Crippen LogP contribution in [-0.2, 0) is 12.8 Å². The molecule has 0 aliphatic rings. The lowest BCUT2D eigenvalue weighted by Crippen LogP contribution is -1.94. The van der Waals surface area contributed by atoms with Crippen LogP contribution in [0.2, 0.25) is 0 Å². The maximum absolute atomic E-state index is 4.27. The summed E-state index contributed by atoms with van der Waals surface area (Å²) < 4.78 is 4.74. The van der Waals surface area contributed by atoms with E-state index in [9.17, 15) is 0 Å². The second kappa shape index (κ2) is 11.0. The lowest BCUT2D eigenvalue weighted by atomic mass is 9.99. The number of hydrogen-bond donors (Lipinski definition) is 0. The molecule has 0 aliphatic heterocycles. The van der Waals surface area contributed by atoms with E-state index in [1.807, 2.05) is 6.20 Å². The van der Waals surface area contributed by atoms with Crippen LogP contribution in [0.3, 0.4) is 0 Å². The second-order valence-electron chi connectivity index (χ2n) is 11.6. The van der Waals surface area contributed by atoms with Gasteiger partial charge in [-0.15, -0.1) is 0 Å². The predicted octanol–water partition coefficient (Wildman–Crippen LogP) is 11.3. The summed E-state index contributed by atoms with van der Waals surface area (Å²) in [6.45, 7) is 8.79. The molecule has 0 saturated carbocycles. The van der Waals surface area contributed by atoms with Gasteiger partial charge in [-0.2, -0.15) is 0 Å². The van der Waals surface area contributed by atoms with E-state index in [1.54, 1.807) is 0 Å². The number of rotatable bonds is 9. The van der Waals surface area contributed by atoms with Crippen LogP contribution in [0.1, 0.15) is 50.7 Å². The van der Waals surface area contributed by atoms with E-state index >= 15 is 0 Å². The number of fused-ring (bicyclic) bond motifs is 7. The van der Waals surface area contributed by atoms with Crippen molar-refractivity contribution in [2.75, 3.05) is 0 Å². The Kier molecular flexibility index (Phi) is 6.91. The smallest absolute Gasteiger partial charge is 0.0635 e. The van der Waals surface area contributed by atoms with Gasteiger partial charge < -0.3 is 9.13 Å². The van der Waals surface area contributed by atoms with Crippen molar-refractivity contribution in [2.24, 2.45) is 0 Å². The van der Waals surface area contributed by atoms with Crippen LogP contribution in [0.4, 0.5) is 0 Å². The van der Waals surface area contributed by atoms with E-state index < -0.39 is 0 Å². The van der Waals surface area contributed by atoms with E-state index in [0.29, 0.717) is 0 Å². The highest BCUT2D eigenvalue weighted by atomic mass is 15.0. The van der Waals surface area contributed by atoms with Gasteiger partial charge in [0, 0.05) is 33.4 Å². The van der Waals surface area contributed by atoms with Crippen LogP contribution in [0.15, 0.2) is 110 Å². The first-order chi connectivity index (χ1) is 20.7. The topological polar surface area (TPSA) is 9.86 Å². The molecule has 0 N–H and O–H groups in total. The Labute approximate surface area is 248 Å². The highest BCUT2D eigenvalue weighted by Gasteiger charge is 2.20. The molecule has 42 heavy (non-hydrogen) atoms. The molecule has 0 unspecified atom stereocenters. The average molecular weight is 547 g/mol. The fourth-order valence-electron chi connectivity index (χ4n) is 6.69. The number of para-hydroxylation sites is 1. The molecule has 0 atom stereocenters. The van der Waals surface area contributed by atoms with Gasteiger partial charge >= 0.3 is 0 Å². The largest absolute Gasteiger partial charge is 0.316 e. The lowest BCUT2D eigenvalue weighted by Gasteiger charge is -2.08. The number of hydrogen-bond acceptors (Lipinski definition) is 0. The number of nitrogens with zero attached hydrogens (tertiary/aromatic N) is 2. The number of aryl methyl sites for hydroxylation is 2. The van der Waals surface area contributed by atoms with Gasteiger partial charge in [0.2, 0.25) is 0 Å². The van der Waals surface area contributed by atoms with Gasteiger partial charge in [-0.1, -0.05) is 100.0 Å². The van der Waals surface area contributed by atoms with Crippen LogP contribution in [0.25, 0.3) is 66.6 Å². The number of aromatic nitrogens is 2. The molecule has 7 aromatic rings. The van der Waals surface area contributed by atoms with Crippen LogP contribution >= 0.6 is 0 Å². The predicted molar refractivity (Wildman–Crippen MR) is 183 cm³/mol. The van der Waals surface area contributed by atoms with Crippen molar-refractivity contribution in [3.63, 3.8) is 0 Å². The van der Waals surface area contributed by atoms with E-state index in [2.05, 4.69) is 133 Å². The van der Waals surface area contributed by atoms with Crippen LogP contribution < -0.4 is 0 Å². The molecule has 0 amide bonds. The zero-order chi connectivity index (χ0) is 28.6. The van der Waals surface area contributed by atoms with Gasteiger partial charge in [0.1, 0.15) is 0 Å². The highest BCUT2D eigenvalue weighted by Crippen LogP contribution is 2.42. The minimum atomic E-state index is 1.10. The molecule has 0 bridgehead atoms. The van der Waals surface area contributed by atoms with Crippen molar-refractivity contribution in [1.82, 2.24) is 9.13 Å². The molecule has 2 aromatic heterocycles. The van der Waals surface area contributed by atoms with E-state index in [-0.39, 0.29) is 0 Å². The molecule has 208 valence electrons. The molecule has 2 heteroatoms. The first kappa shape index (κ1) is 26.3. The third-order valence-electron chi connectivity index (χ3n) is 8.88. The highest BCUT2D eigenvalue weighted by molar-refractivity contribution is 6.26. The molecule has 0 fully saturated rings.